The lowest BCUT2D eigenvalue weighted by molar-refractivity contribution is 0.454. The van der Waals surface area contributed by atoms with E-state index >= 15 is 0 Å². The molecule has 1 fully saturated rings. The Labute approximate surface area is 84.7 Å². The second-order valence-electron chi connectivity index (χ2n) is 4.34. The average molecular weight is 191 g/mol. The molecule has 0 amide bonds. The van der Waals surface area contributed by atoms with E-state index in [-0.39, 0.29) is 5.41 Å². The van der Waals surface area contributed by atoms with Gasteiger partial charge in [0, 0.05) is 11.0 Å². The summed E-state index contributed by atoms with van der Waals surface area (Å²) in [6.45, 7) is 2.69. The molecule has 1 aromatic carbocycles. The maximum atomic E-state index is 9.85. The van der Waals surface area contributed by atoms with Crippen LogP contribution in [-0.4, -0.2) is 11.7 Å². The fourth-order valence-electron chi connectivity index (χ4n) is 2.17. The lowest BCUT2D eigenvalue weighted by Gasteiger charge is -2.16. The number of phenols is 1. The van der Waals surface area contributed by atoms with Crippen molar-refractivity contribution >= 4 is 0 Å². The van der Waals surface area contributed by atoms with E-state index in [0.717, 1.165) is 17.5 Å². The summed E-state index contributed by atoms with van der Waals surface area (Å²) in [4.78, 5) is 0. The molecule has 1 aliphatic rings. The maximum absolute atomic E-state index is 9.85. The molecule has 0 saturated heterocycles. The summed E-state index contributed by atoms with van der Waals surface area (Å²) in [6.07, 6.45) is 3.32. The summed E-state index contributed by atoms with van der Waals surface area (Å²) >= 11 is 0. The SMILES string of the molecule is Cc1ccc(C2(CCN)CC2)c(O)c1. The number of phenolic OH excluding ortho intramolecular Hbond substituents is 1. The fourth-order valence-corrected chi connectivity index (χ4v) is 2.17. The Kier molecular flexibility index (Phi) is 2.23. The number of aryl methyl sites for hydroxylation is 1. The zero-order chi connectivity index (χ0) is 10.2. The van der Waals surface area contributed by atoms with E-state index in [1.165, 1.54) is 12.8 Å². The lowest BCUT2D eigenvalue weighted by atomic mass is 9.91. The highest BCUT2D eigenvalue weighted by Gasteiger charge is 2.44. The van der Waals surface area contributed by atoms with E-state index in [9.17, 15) is 5.11 Å². The molecule has 14 heavy (non-hydrogen) atoms. The fraction of sp³-hybridized carbons (Fsp3) is 0.500. The Morgan fingerprint density at radius 3 is 2.64 bits per heavy atom. The Bertz CT molecular complexity index is 342. The smallest absolute Gasteiger partial charge is 0.119 e. The van der Waals surface area contributed by atoms with E-state index in [1.807, 2.05) is 19.1 Å². The maximum Gasteiger partial charge on any atom is 0.119 e. The van der Waals surface area contributed by atoms with Crippen molar-refractivity contribution in [3.63, 3.8) is 0 Å². The van der Waals surface area contributed by atoms with Crippen molar-refractivity contribution in [2.24, 2.45) is 5.73 Å². The van der Waals surface area contributed by atoms with Gasteiger partial charge in [-0.05, 0) is 44.4 Å². The van der Waals surface area contributed by atoms with Crippen LogP contribution in [0.2, 0.25) is 0 Å². The topological polar surface area (TPSA) is 46.2 Å². The van der Waals surface area contributed by atoms with E-state index in [2.05, 4.69) is 6.07 Å². The molecule has 0 heterocycles. The molecule has 1 saturated carbocycles. The molecule has 3 N–H and O–H groups in total. The molecular weight excluding hydrogens is 174 g/mol. The molecule has 0 aromatic heterocycles. The quantitative estimate of drug-likeness (QED) is 0.768. The molecule has 76 valence electrons. The van der Waals surface area contributed by atoms with Gasteiger partial charge in [0.15, 0.2) is 0 Å². The molecule has 2 nitrogen and oxygen atoms in total. The number of nitrogens with two attached hydrogens (primary N) is 1. The predicted octanol–water partition coefficient (Wildman–Crippen LogP) is 2.08. The van der Waals surface area contributed by atoms with Crippen LogP contribution in [0.4, 0.5) is 0 Å². The molecule has 1 aliphatic carbocycles. The van der Waals surface area contributed by atoms with Crippen molar-refractivity contribution in [3.05, 3.63) is 29.3 Å². The first kappa shape index (κ1) is 9.53. The summed E-state index contributed by atoms with van der Waals surface area (Å²) in [7, 11) is 0. The zero-order valence-electron chi connectivity index (χ0n) is 8.59. The highest BCUT2D eigenvalue weighted by Crippen LogP contribution is 2.53. The molecule has 2 heteroatoms. The minimum atomic E-state index is 0.201. The van der Waals surface area contributed by atoms with Gasteiger partial charge in [0.05, 0.1) is 0 Å². The second-order valence-corrected chi connectivity index (χ2v) is 4.34. The molecule has 0 radical (unpaired) electrons. The van der Waals surface area contributed by atoms with Gasteiger partial charge in [-0.2, -0.15) is 0 Å². The van der Waals surface area contributed by atoms with Crippen molar-refractivity contribution in [2.75, 3.05) is 6.54 Å². The van der Waals surface area contributed by atoms with E-state index in [4.69, 9.17) is 5.73 Å². The number of hydrogen-bond donors (Lipinski definition) is 2. The van der Waals surface area contributed by atoms with Crippen LogP contribution in [0.5, 0.6) is 5.75 Å². The summed E-state index contributed by atoms with van der Waals surface area (Å²) in [5.41, 5.74) is 7.99. The Balaban J connectivity index is 2.32. The molecule has 2 rings (SSSR count). The summed E-state index contributed by atoms with van der Waals surface area (Å²) in [5.74, 6) is 0.441. The van der Waals surface area contributed by atoms with Gasteiger partial charge in [-0.3, -0.25) is 0 Å². The van der Waals surface area contributed by atoms with Crippen LogP contribution in [0.1, 0.15) is 30.4 Å². The highest BCUT2D eigenvalue weighted by atomic mass is 16.3. The van der Waals surface area contributed by atoms with Gasteiger partial charge in [0.25, 0.3) is 0 Å². The predicted molar refractivity (Wildman–Crippen MR) is 57.4 cm³/mol. The molecule has 0 spiro atoms. The number of hydrogen-bond acceptors (Lipinski definition) is 2. The van der Waals surface area contributed by atoms with Crippen molar-refractivity contribution in [1.29, 1.82) is 0 Å². The third-order valence-corrected chi connectivity index (χ3v) is 3.20. The Morgan fingerprint density at radius 1 is 1.43 bits per heavy atom. The minimum absolute atomic E-state index is 0.201. The van der Waals surface area contributed by atoms with Crippen LogP contribution in [0.15, 0.2) is 18.2 Å². The van der Waals surface area contributed by atoms with Crippen LogP contribution in [0.3, 0.4) is 0 Å². The van der Waals surface area contributed by atoms with Gasteiger partial charge >= 0.3 is 0 Å². The molecular formula is C12H17NO. The summed E-state index contributed by atoms with van der Waals surface area (Å²) in [5, 5.41) is 9.85. The Hall–Kier alpha value is -1.02. The minimum Gasteiger partial charge on any atom is -0.508 e. The first-order chi connectivity index (χ1) is 6.68. The standard InChI is InChI=1S/C12H17NO/c1-9-2-3-10(11(14)8-9)12(4-5-12)6-7-13/h2-3,8,14H,4-7,13H2,1H3. The summed E-state index contributed by atoms with van der Waals surface area (Å²) < 4.78 is 0. The Morgan fingerprint density at radius 2 is 2.14 bits per heavy atom. The number of benzene rings is 1. The monoisotopic (exact) mass is 191 g/mol. The number of aromatic hydroxyl groups is 1. The third-order valence-electron chi connectivity index (χ3n) is 3.20. The van der Waals surface area contributed by atoms with Crippen LogP contribution in [0.25, 0.3) is 0 Å². The van der Waals surface area contributed by atoms with Crippen LogP contribution >= 0.6 is 0 Å². The van der Waals surface area contributed by atoms with Gasteiger partial charge < -0.3 is 10.8 Å². The molecule has 0 unspecified atom stereocenters. The molecule has 0 aliphatic heterocycles. The van der Waals surface area contributed by atoms with Crippen molar-refractivity contribution in [1.82, 2.24) is 0 Å². The zero-order valence-corrected chi connectivity index (χ0v) is 8.59. The van der Waals surface area contributed by atoms with E-state index < -0.39 is 0 Å². The number of rotatable bonds is 3. The van der Waals surface area contributed by atoms with Crippen molar-refractivity contribution in [3.8, 4) is 5.75 Å². The lowest BCUT2D eigenvalue weighted by Crippen LogP contribution is -2.13. The largest absolute Gasteiger partial charge is 0.508 e. The van der Waals surface area contributed by atoms with Gasteiger partial charge in [-0.1, -0.05) is 12.1 Å². The summed E-state index contributed by atoms with van der Waals surface area (Å²) in [6, 6.07) is 5.95. The second kappa shape index (κ2) is 3.28. The van der Waals surface area contributed by atoms with E-state index in [0.29, 0.717) is 12.3 Å². The van der Waals surface area contributed by atoms with Crippen LogP contribution < -0.4 is 5.73 Å². The molecule has 1 aromatic rings. The average Bonchev–Trinajstić information content (AvgIpc) is 2.86. The van der Waals surface area contributed by atoms with Gasteiger partial charge in [0.1, 0.15) is 5.75 Å². The molecule has 0 bridgehead atoms. The van der Waals surface area contributed by atoms with Crippen molar-refractivity contribution in [2.45, 2.75) is 31.6 Å². The van der Waals surface area contributed by atoms with Gasteiger partial charge in [-0.15, -0.1) is 0 Å². The first-order valence-electron chi connectivity index (χ1n) is 5.18. The molecule has 0 atom stereocenters. The third kappa shape index (κ3) is 1.50. The van der Waals surface area contributed by atoms with Crippen LogP contribution in [-0.2, 0) is 5.41 Å². The van der Waals surface area contributed by atoms with Crippen LogP contribution in [0, 0.1) is 6.92 Å². The first-order valence-corrected chi connectivity index (χ1v) is 5.18. The van der Waals surface area contributed by atoms with E-state index in [1.54, 1.807) is 0 Å². The van der Waals surface area contributed by atoms with Gasteiger partial charge in [-0.25, -0.2) is 0 Å². The highest BCUT2D eigenvalue weighted by molar-refractivity contribution is 5.44. The van der Waals surface area contributed by atoms with Gasteiger partial charge in [0.2, 0.25) is 0 Å². The normalized spacial score (nSPS) is 18.1. The van der Waals surface area contributed by atoms with Crippen molar-refractivity contribution < 1.29 is 5.11 Å².